The number of rotatable bonds is 6. The molecule has 0 aliphatic rings. The molecule has 0 aliphatic carbocycles. The average Bonchev–Trinajstić information content (AvgIpc) is 2.96. The second-order valence-corrected chi connectivity index (χ2v) is 5.58. The minimum Gasteiger partial charge on any atom is -0.460 e. The Labute approximate surface area is 140 Å². The van der Waals surface area contributed by atoms with Gasteiger partial charge in [0, 0.05) is 22.9 Å². The van der Waals surface area contributed by atoms with Crippen molar-refractivity contribution in [2.75, 3.05) is 6.61 Å². The van der Waals surface area contributed by atoms with E-state index in [-0.39, 0.29) is 18.2 Å². The summed E-state index contributed by atoms with van der Waals surface area (Å²) in [5, 5.41) is 0.906. The van der Waals surface area contributed by atoms with Gasteiger partial charge in [-0.05, 0) is 19.4 Å². The number of carbonyl (C=O) groups excluding carboxylic acids is 2. The van der Waals surface area contributed by atoms with E-state index >= 15 is 0 Å². The number of furan rings is 1. The Hall–Kier alpha value is -2.88. The summed E-state index contributed by atoms with van der Waals surface area (Å²) in [5.74, 6) is -0.215. The fraction of sp³-hybridized carbons (Fsp3) is 0.200. The number of benzene rings is 2. The summed E-state index contributed by atoms with van der Waals surface area (Å²) in [4.78, 5) is 24.1. The molecule has 0 aliphatic heterocycles. The van der Waals surface area contributed by atoms with Crippen LogP contribution in [-0.2, 0) is 4.74 Å². The smallest absolute Gasteiger partial charge is 0.374 e. The molecule has 4 heteroatoms. The highest BCUT2D eigenvalue weighted by molar-refractivity contribution is 5.96. The van der Waals surface area contributed by atoms with Gasteiger partial charge in [-0.25, -0.2) is 4.79 Å². The number of carbonyl (C=O) groups is 2. The van der Waals surface area contributed by atoms with E-state index in [0.717, 1.165) is 10.9 Å². The molecule has 3 rings (SSSR count). The van der Waals surface area contributed by atoms with Crippen LogP contribution in [0.15, 0.2) is 59.0 Å². The molecule has 0 radical (unpaired) electrons. The number of Topliss-reactive ketones (excluding diaryl/α,β-unsaturated/α-hetero) is 1. The monoisotopic (exact) mass is 322 g/mol. The quantitative estimate of drug-likeness (QED) is 0.379. The van der Waals surface area contributed by atoms with Gasteiger partial charge >= 0.3 is 5.97 Å². The normalized spacial score (nSPS) is 10.7. The molecule has 3 aromatic rings. The second-order valence-electron chi connectivity index (χ2n) is 5.58. The van der Waals surface area contributed by atoms with E-state index in [0.29, 0.717) is 24.0 Å². The van der Waals surface area contributed by atoms with Crippen molar-refractivity contribution in [3.63, 3.8) is 0 Å². The molecular formula is C20H18O4. The van der Waals surface area contributed by atoms with E-state index in [1.54, 1.807) is 12.1 Å². The molecule has 0 fully saturated rings. The lowest BCUT2D eigenvalue weighted by molar-refractivity contribution is 0.0460. The van der Waals surface area contributed by atoms with E-state index in [4.69, 9.17) is 9.15 Å². The minimum absolute atomic E-state index is 0.0477. The van der Waals surface area contributed by atoms with Crippen molar-refractivity contribution < 1.29 is 18.7 Å². The summed E-state index contributed by atoms with van der Waals surface area (Å²) in [6.07, 6.45) is 0.829. The van der Waals surface area contributed by atoms with Crippen LogP contribution < -0.4 is 0 Å². The summed E-state index contributed by atoms with van der Waals surface area (Å²) in [7, 11) is 0. The summed E-state index contributed by atoms with van der Waals surface area (Å²) in [6.45, 7) is 2.02. The van der Waals surface area contributed by atoms with E-state index in [9.17, 15) is 9.59 Å². The number of fused-ring (bicyclic) bond motifs is 1. The minimum atomic E-state index is -0.490. The molecule has 122 valence electrons. The maximum absolute atomic E-state index is 12.1. The van der Waals surface area contributed by atoms with Crippen molar-refractivity contribution in [3.8, 4) is 0 Å². The van der Waals surface area contributed by atoms with Crippen LogP contribution >= 0.6 is 0 Å². The first-order chi connectivity index (χ1) is 11.7. The second kappa shape index (κ2) is 7.13. The van der Waals surface area contributed by atoms with Gasteiger partial charge in [-0.3, -0.25) is 4.79 Å². The molecule has 24 heavy (non-hydrogen) atoms. The lowest BCUT2D eigenvalue weighted by Crippen LogP contribution is -2.08. The van der Waals surface area contributed by atoms with Gasteiger partial charge in [-0.15, -0.1) is 0 Å². The number of aryl methyl sites for hydroxylation is 1. The van der Waals surface area contributed by atoms with Gasteiger partial charge in [0.2, 0.25) is 5.76 Å². The third kappa shape index (κ3) is 3.38. The Bertz CT molecular complexity index is 862. The van der Waals surface area contributed by atoms with Crippen molar-refractivity contribution in [1.82, 2.24) is 0 Å². The first kappa shape index (κ1) is 16.0. The lowest BCUT2D eigenvalue weighted by atomic mass is 10.1. The Morgan fingerprint density at radius 3 is 2.46 bits per heavy atom. The number of hydrogen-bond donors (Lipinski definition) is 0. The molecule has 0 saturated heterocycles. The van der Waals surface area contributed by atoms with Crippen LogP contribution in [0.25, 0.3) is 11.0 Å². The molecule has 0 bridgehead atoms. The van der Waals surface area contributed by atoms with Crippen LogP contribution in [0.3, 0.4) is 0 Å². The predicted octanol–water partition coefficient (Wildman–Crippen LogP) is 4.56. The Balaban J connectivity index is 1.54. The first-order valence-corrected chi connectivity index (χ1v) is 7.90. The molecule has 0 saturated carbocycles. The number of para-hydroxylation sites is 1. The zero-order valence-electron chi connectivity index (χ0n) is 13.5. The SMILES string of the molecule is Cc1c(C(=O)OCCCC(=O)c2ccccc2)oc2ccccc12. The van der Waals surface area contributed by atoms with Crippen LogP contribution in [-0.4, -0.2) is 18.4 Å². The van der Waals surface area contributed by atoms with Gasteiger partial charge in [0.05, 0.1) is 6.61 Å². The van der Waals surface area contributed by atoms with Crippen LogP contribution in [0, 0.1) is 6.92 Å². The zero-order valence-corrected chi connectivity index (χ0v) is 13.5. The largest absolute Gasteiger partial charge is 0.460 e. The number of hydrogen-bond acceptors (Lipinski definition) is 4. The fourth-order valence-electron chi connectivity index (χ4n) is 2.60. The van der Waals surface area contributed by atoms with Gasteiger partial charge in [0.1, 0.15) is 5.58 Å². The molecule has 2 aromatic carbocycles. The Morgan fingerprint density at radius 2 is 1.71 bits per heavy atom. The Morgan fingerprint density at radius 1 is 1.00 bits per heavy atom. The molecule has 1 heterocycles. The van der Waals surface area contributed by atoms with E-state index in [1.165, 1.54) is 0 Å². The number of ether oxygens (including phenoxy) is 1. The van der Waals surface area contributed by atoms with Crippen LogP contribution in [0.4, 0.5) is 0 Å². The summed E-state index contributed by atoms with van der Waals surface area (Å²) in [5.41, 5.74) is 2.12. The highest BCUT2D eigenvalue weighted by Gasteiger charge is 2.18. The molecule has 0 amide bonds. The molecule has 0 unspecified atom stereocenters. The van der Waals surface area contributed by atoms with Crippen LogP contribution in [0.5, 0.6) is 0 Å². The van der Waals surface area contributed by atoms with Crippen LogP contribution in [0.2, 0.25) is 0 Å². The third-order valence-electron chi connectivity index (χ3n) is 3.91. The molecule has 4 nitrogen and oxygen atoms in total. The van der Waals surface area contributed by atoms with Gasteiger partial charge in [-0.1, -0.05) is 48.5 Å². The number of ketones is 1. The van der Waals surface area contributed by atoms with Crippen molar-refractivity contribution >= 4 is 22.7 Å². The zero-order chi connectivity index (χ0) is 16.9. The predicted molar refractivity (Wildman–Crippen MR) is 91.2 cm³/mol. The maximum Gasteiger partial charge on any atom is 0.374 e. The van der Waals surface area contributed by atoms with Crippen molar-refractivity contribution in [2.24, 2.45) is 0 Å². The lowest BCUT2D eigenvalue weighted by Gasteiger charge is -2.03. The number of esters is 1. The molecule has 0 N–H and O–H groups in total. The summed E-state index contributed by atoms with van der Waals surface area (Å²) >= 11 is 0. The summed E-state index contributed by atoms with van der Waals surface area (Å²) in [6, 6.07) is 16.6. The van der Waals surface area contributed by atoms with Crippen LogP contribution in [0.1, 0.15) is 39.3 Å². The van der Waals surface area contributed by atoms with Gasteiger partial charge in [0.25, 0.3) is 0 Å². The third-order valence-corrected chi connectivity index (χ3v) is 3.91. The van der Waals surface area contributed by atoms with Crippen molar-refractivity contribution in [3.05, 3.63) is 71.5 Å². The standard InChI is InChI=1S/C20H18O4/c1-14-16-10-5-6-12-18(16)24-19(14)20(22)23-13-7-11-17(21)15-8-3-2-4-9-15/h2-6,8-10,12H,7,11,13H2,1H3. The fourth-order valence-corrected chi connectivity index (χ4v) is 2.60. The van der Waals surface area contributed by atoms with E-state index in [1.807, 2.05) is 49.4 Å². The summed E-state index contributed by atoms with van der Waals surface area (Å²) < 4.78 is 10.8. The van der Waals surface area contributed by atoms with E-state index < -0.39 is 5.97 Å². The highest BCUT2D eigenvalue weighted by Crippen LogP contribution is 2.25. The van der Waals surface area contributed by atoms with Gasteiger partial charge < -0.3 is 9.15 Å². The average molecular weight is 322 g/mol. The van der Waals surface area contributed by atoms with Gasteiger partial charge in [-0.2, -0.15) is 0 Å². The topological polar surface area (TPSA) is 56.5 Å². The molecule has 1 aromatic heterocycles. The molecule has 0 spiro atoms. The highest BCUT2D eigenvalue weighted by atomic mass is 16.5. The molecule has 0 atom stereocenters. The maximum atomic E-state index is 12.1. The Kier molecular flexibility index (Phi) is 4.75. The molecular weight excluding hydrogens is 304 g/mol. The van der Waals surface area contributed by atoms with Crippen molar-refractivity contribution in [1.29, 1.82) is 0 Å². The van der Waals surface area contributed by atoms with Gasteiger partial charge in [0.15, 0.2) is 5.78 Å². The van der Waals surface area contributed by atoms with Crippen molar-refractivity contribution in [2.45, 2.75) is 19.8 Å². The first-order valence-electron chi connectivity index (χ1n) is 7.90. The van der Waals surface area contributed by atoms with E-state index in [2.05, 4.69) is 0 Å².